The van der Waals surface area contributed by atoms with Crippen molar-refractivity contribution in [2.75, 3.05) is 26.3 Å². The van der Waals surface area contributed by atoms with Crippen LogP contribution in [-0.4, -0.2) is 32.0 Å². The molecular formula is C12H21ClNO3PS. The summed E-state index contributed by atoms with van der Waals surface area (Å²) < 4.78 is 23.8. The van der Waals surface area contributed by atoms with Gasteiger partial charge >= 0.3 is 7.60 Å². The van der Waals surface area contributed by atoms with Crippen molar-refractivity contribution in [2.24, 2.45) is 0 Å². The van der Waals surface area contributed by atoms with Crippen LogP contribution in [0.5, 0.6) is 0 Å². The predicted molar refractivity (Wildman–Crippen MR) is 81.8 cm³/mol. The lowest BCUT2D eigenvalue weighted by Gasteiger charge is -2.26. The third-order valence-corrected chi connectivity index (χ3v) is 6.47. The Morgan fingerprint density at radius 1 is 1.37 bits per heavy atom. The topological polar surface area (TPSA) is 47.6 Å². The highest BCUT2D eigenvalue weighted by atomic mass is 35.5. The molecule has 0 amide bonds. The standard InChI is InChI=1S/C12H20NO3PS.ClH/c1-3-15-17(14,16-4-2)12-8-13-7-11(12)10-5-6-18-9-10;/h5-6,9,11-13H,3-4,7-8H2,1-2H3;1H. The number of hydrogen-bond donors (Lipinski definition) is 1. The van der Waals surface area contributed by atoms with Crippen molar-refractivity contribution in [3.05, 3.63) is 22.4 Å². The molecule has 1 aliphatic heterocycles. The molecule has 1 saturated heterocycles. The van der Waals surface area contributed by atoms with E-state index in [-0.39, 0.29) is 24.0 Å². The highest BCUT2D eigenvalue weighted by Crippen LogP contribution is 2.58. The summed E-state index contributed by atoms with van der Waals surface area (Å²) in [5, 5.41) is 7.48. The van der Waals surface area contributed by atoms with E-state index in [1.165, 1.54) is 5.56 Å². The van der Waals surface area contributed by atoms with Crippen LogP contribution in [0.4, 0.5) is 0 Å². The summed E-state index contributed by atoms with van der Waals surface area (Å²) >= 11 is 1.67. The molecule has 1 N–H and O–H groups in total. The molecule has 0 spiro atoms. The minimum Gasteiger partial charge on any atom is -0.315 e. The van der Waals surface area contributed by atoms with Crippen molar-refractivity contribution < 1.29 is 13.6 Å². The molecule has 1 fully saturated rings. The normalized spacial score (nSPS) is 23.3. The van der Waals surface area contributed by atoms with Crippen LogP contribution in [0.3, 0.4) is 0 Å². The molecule has 1 aromatic heterocycles. The number of hydrogen-bond acceptors (Lipinski definition) is 5. The molecule has 1 aromatic rings. The molecule has 110 valence electrons. The molecule has 1 aliphatic rings. The first-order chi connectivity index (χ1) is 8.71. The van der Waals surface area contributed by atoms with Crippen molar-refractivity contribution in [3.8, 4) is 0 Å². The summed E-state index contributed by atoms with van der Waals surface area (Å²) in [4.78, 5) is 0. The van der Waals surface area contributed by atoms with E-state index in [9.17, 15) is 4.57 Å². The molecular weight excluding hydrogens is 305 g/mol. The maximum Gasteiger partial charge on any atom is 0.335 e. The fraction of sp³-hybridized carbons (Fsp3) is 0.667. The molecule has 2 unspecified atom stereocenters. The minimum atomic E-state index is -3.02. The van der Waals surface area contributed by atoms with Gasteiger partial charge in [-0.2, -0.15) is 11.3 Å². The molecule has 0 radical (unpaired) electrons. The van der Waals surface area contributed by atoms with E-state index in [1.807, 2.05) is 13.8 Å². The zero-order valence-corrected chi connectivity index (χ0v) is 13.7. The first-order valence-corrected chi connectivity index (χ1v) is 8.88. The van der Waals surface area contributed by atoms with Gasteiger partial charge in [0.2, 0.25) is 0 Å². The van der Waals surface area contributed by atoms with Crippen molar-refractivity contribution in [3.63, 3.8) is 0 Å². The number of thiophene rings is 1. The maximum atomic E-state index is 12.8. The average molecular weight is 326 g/mol. The van der Waals surface area contributed by atoms with E-state index in [2.05, 4.69) is 22.1 Å². The van der Waals surface area contributed by atoms with E-state index in [0.29, 0.717) is 19.8 Å². The van der Waals surface area contributed by atoms with Crippen LogP contribution in [0.15, 0.2) is 16.8 Å². The van der Waals surface area contributed by atoms with E-state index in [4.69, 9.17) is 9.05 Å². The van der Waals surface area contributed by atoms with Gasteiger partial charge in [-0.15, -0.1) is 12.4 Å². The fourth-order valence-electron chi connectivity index (χ4n) is 2.41. The zero-order chi connectivity index (χ0) is 13.0. The molecule has 2 atom stereocenters. The Hall–Kier alpha value is 0.1000. The van der Waals surface area contributed by atoms with Crippen LogP contribution in [0.2, 0.25) is 0 Å². The summed E-state index contributed by atoms with van der Waals surface area (Å²) in [5.41, 5.74) is 1.15. The predicted octanol–water partition coefficient (Wildman–Crippen LogP) is 3.49. The van der Waals surface area contributed by atoms with E-state index < -0.39 is 7.60 Å². The molecule has 2 rings (SSSR count). The quantitative estimate of drug-likeness (QED) is 0.813. The SMILES string of the molecule is CCOP(=O)(OCC)C1CNCC1c1ccsc1.Cl. The largest absolute Gasteiger partial charge is 0.335 e. The third kappa shape index (κ3) is 3.81. The van der Waals surface area contributed by atoms with Gasteiger partial charge in [0, 0.05) is 19.0 Å². The van der Waals surface area contributed by atoms with Gasteiger partial charge in [-0.1, -0.05) is 0 Å². The highest BCUT2D eigenvalue weighted by Gasteiger charge is 2.44. The molecule has 0 bridgehead atoms. The second-order valence-electron chi connectivity index (χ2n) is 4.26. The van der Waals surface area contributed by atoms with Gasteiger partial charge in [0.1, 0.15) is 0 Å². The maximum absolute atomic E-state index is 12.8. The van der Waals surface area contributed by atoms with Crippen LogP contribution in [0, 0.1) is 0 Å². The minimum absolute atomic E-state index is 0. The van der Waals surface area contributed by atoms with Gasteiger partial charge in [0.25, 0.3) is 0 Å². The molecule has 2 heterocycles. The van der Waals surface area contributed by atoms with Crippen molar-refractivity contribution in [1.29, 1.82) is 0 Å². The van der Waals surface area contributed by atoms with Gasteiger partial charge < -0.3 is 14.4 Å². The summed E-state index contributed by atoms with van der Waals surface area (Å²) in [7, 11) is -3.02. The van der Waals surface area contributed by atoms with Gasteiger partial charge in [-0.05, 0) is 36.2 Å². The Labute approximate surface area is 124 Å². The molecule has 4 nitrogen and oxygen atoms in total. The Morgan fingerprint density at radius 3 is 2.58 bits per heavy atom. The Balaban J connectivity index is 0.00000180. The number of halogens is 1. The van der Waals surface area contributed by atoms with Crippen LogP contribution in [0.25, 0.3) is 0 Å². The summed E-state index contributed by atoms with van der Waals surface area (Å²) in [6.45, 7) is 6.08. The first-order valence-electron chi connectivity index (χ1n) is 6.33. The van der Waals surface area contributed by atoms with E-state index in [0.717, 1.165) is 6.54 Å². The smallest absolute Gasteiger partial charge is 0.315 e. The fourth-order valence-corrected chi connectivity index (χ4v) is 5.38. The van der Waals surface area contributed by atoms with E-state index >= 15 is 0 Å². The second kappa shape index (κ2) is 7.77. The lowest BCUT2D eigenvalue weighted by Crippen LogP contribution is -2.21. The molecule has 0 aromatic carbocycles. The van der Waals surface area contributed by atoms with Crippen molar-refractivity contribution in [1.82, 2.24) is 5.32 Å². The first kappa shape index (κ1) is 17.2. The van der Waals surface area contributed by atoms with E-state index in [1.54, 1.807) is 11.3 Å². The lowest BCUT2D eigenvalue weighted by molar-refractivity contribution is 0.211. The van der Waals surface area contributed by atoms with Crippen molar-refractivity contribution in [2.45, 2.75) is 25.4 Å². The molecule has 19 heavy (non-hydrogen) atoms. The summed E-state index contributed by atoms with van der Waals surface area (Å²) in [5.74, 6) is 0.222. The summed E-state index contributed by atoms with van der Waals surface area (Å²) in [6, 6.07) is 2.09. The monoisotopic (exact) mass is 325 g/mol. The Kier molecular flexibility index (Phi) is 7.01. The second-order valence-corrected chi connectivity index (χ2v) is 7.30. The lowest BCUT2D eigenvalue weighted by atomic mass is 10.0. The Morgan fingerprint density at radius 2 is 2.05 bits per heavy atom. The zero-order valence-electron chi connectivity index (χ0n) is 11.2. The van der Waals surface area contributed by atoms with Crippen LogP contribution in [-0.2, 0) is 13.6 Å². The van der Waals surface area contributed by atoms with Crippen LogP contribution in [0.1, 0.15) is 25.3 Å². The van der Waals surface area contributed by atoms with Gasteiger partial charge in [0.15, 0.2) is 0 Å². The molecule has 0 saturated carbocycles. The van der Waals surface area contributed by atoms with Gasteiger partial charge in [-0.25, -0.2) is 0 Å². The number of rotatable bonds is 6. The van der Waals surface area contributed by atoms with Gasteiger partial charge in [-0.3, -0.25) is 4.57 Å². The van der Waals surface area contributed by atoms with Crippen molar-refractivity contribution >= 4 is 31.3 Å². The average Bonchev–Trinajstić information content (AvgIpc) is 3.00. The number of nitrogens with one attached hydrogen (secondary N) is 1. The molecule has 7 heteroatoms. The molecule has 0 aliphatic carbocycles. The van der Waals surface area contributed by atoms with Gasteiger partial charge in [0.05, 0.1) is 18.9 Å². The van der Waals surface area contributed by atoms with Crippen LogP contribution >= 0.6 is 31.3 Å². The highest BCUT2D eigenvalue weighted by molar-refractivity contribution is 7.54. The Bertz CT molecular complexity index is 405. The van der Waals surface area contributed by atoms with Crippen LogP contribution < -0.4 is 5.32 Å². The summed E-state index contributed by atoms with van der Waals surface area (Å²) in [6.07, 6.45) is 0. The third-order valence-electron chi connectivity index (χ3n) is 3.18.